The highest BCUT2D eigenvalue weighted by Gasteiger charge is 2.41. The third kappa shape index (κ3) is 3.01. The summed E-state index contributed by atoms with van der Waals surface area (Å²) in [6.45, 7) is 7.40. The van der Waals surface area contributed by atoms with Gasteiger partial charge >= 0.3 is 0 Å². The molecule has 1 aliphatic heterocycles. The molecule has 5 nitrogen and oxygen atoms in total. The van der Waals surface area contributed by atoms with Gasteiger partial charge in [-0.3, -0.25) is 4.79 Å². The molecule has 5 heteroatoms. The maximum Gasteiger partial charge on any atom is 0.226 e. The van der Waals surface area contributed by atoms with Gasteiger partial charge in [0, 0.05) is 36.6 Å². The minimum absolute atomic E-state index is 0.119. The highest BCUT2D eigenvalue weighted by molar-refractivity contribution is 5.88. The van der Waals surface area contributed by atoms with Gasteiger partial charge in [0.1, 0.15) is 5.65 Å². The second kappa shape index (κ2) is 6.54. The van der Waals surface area contributed by atoms with Crippen LogP contribution in [0, 0.1) is 12.8 Å². The molecule has 2 N–H and O–H groups in total. The molecule has 1 unspecified atom stereocenters. The molecular weight excluding hydrogens is 336 g/mol. The predicted octanol–water partition coefficient (Wildman–Crippen LogP) is 4.14. The smallest absolute Gasteiger partial charge is 0.226 e. The van der Waals surface area contributed by atoms with Crippen LogP contribution in [0.25, 0.3) is 11.0 Å². The van der Waals surface area contributed by atoms with E-state index in [9.17, 15) is 4.79 Å². The van der Waals surface area contributed by atoms with Gasteiger partial charge < -0.3 is 15.2 Å². The topological polar surface area (TPSA) is 64.2 Å². The maximum atomic E-state index is 13.1. The summed E-state index contributed by atoms with van der Waals surface area (Å²) in [4.78, 5) is 19.8. The van der Waals surface area contributed by atoms with Gasteiger partial charge in [0.15, 0.2) is 0 Å². The normalized spacial score (nSPS) is 23.3. The summed E-state index contributed by atoms with van der Waals surface area (Å²) >= 11 is 0. The number of pyridine rings is 1. The minimum Gasteiger partial charge on any atom is -0.397 e. The Bertz CT molecular complexity index is 876. The molecule has 3 heterocycles. The summed E-state index contributed by atoms with van der Waals surface area (Å²) in [5.41, 5.74) is 10.2. The van der Waals surface area contributed by atoms with Crippen LogP contribution < -0.4 is 5.73 Å². The number of piperidine rings is 1. The van der Waals surface area contributed by atoms with Crippen LogP contribution in [0.15, 0.2) is 12.4 Å². The van der Waals surface area contributed by atoms with Gasteiger partial charge in [0.05, 0.1) is 11.9 Å². The van der Waals surface area contributed by atoms with Gasteiger partial charge in [-0.2, -0.15) is 0 Å². The van der Waals surface area contributed by atoms with E-state index in [0.29, 0.717) is 11.8 Å². The van der Waals surface area contributed by atoms with E-state index in [1.54, 1.807) is 6.20 Å². The summed E-state index contributed by atoms with van der Waals surface area (Å²) in [6, 6.07) is 0. The van der Waals surface area contributed by atoms with Crippen molar-refractivity contribution in [3.63, 3.8) is 0 Å². The number of fused-ring (bicyclic) bond motifs is 1. The first kappa shape index (κ1) is 18.3. The number of nitrogens with two attached hydrogens (primary N) is 1. The number of anilines is 1. The number of likely N-dealkylation sites (tertiary alicyclic amines) is 1. The van der Waals surface area contributed by atoms with Gasteiger partial charge in [-0.25, -0.2) is 4.98 Å². The van der Waals surface area contributed by atoms with Crippen LogP contribution in [0.3, 0.4) is 0 Å². The first-order chi connectivity index (χ1) is 12.8. The Morgan fingerprint density at radius 2 is 1.96 bits per heavy atom. The average molecular weight is 369 g/mol. The van der Waals surface area contributed by atoms with Crippen LogP contribution in [0.1, 0.15) is 69.4 Å². The number of carbonyl (C=O) groups is 1. The third-order valence-corrected chi connectivity index (χ3v) is 6.90. The van der Waals surface area contributed by atoms with Crippen molar-refractivity contribution in [2.45, 2.75) is 70.8 Å². The van der Waals surface area contributed by atoms with E-state index in [-0.39, 0.29) is 11.5 Å². The van der Waals surface area contributed by atoms with Gasteiger partial charge in [-0.05, 0) is 63.5 Å². The van der Waals surface area contributed by atoms with Crippen molar-refractivity contribution in [1.82, 2.24) is 14.5 Å². The standard InChI is InChI=1S/C22H32N4O/c1-14-18(23)12-24-20-19(14)17(13-25(20)4)16-9-10-26(22(2,3)11-16)21(27)15-7-5-6-8-15/h12-13,15-16H,5-11,23H2,1-4H3. The molecule has 1 saturated heterocycles. The number of hydrogen-bond donors (Lipinski definition) is 1. The zero-order valence-corrected chi connectivity index (χ0v) is 17.1. The number of aryl methyl sites for hydroxylation is 2. The number of hydrogen-bond acceptors (Lipinski definition) is 3. The molecule has 0 radical (unpaired) electrons. The predicted molar refractivity (Wildman–Crippen MR) is 110 cm³/mol. The number of carbonyl (C=O) groups excluding carboxylic acids is 1. The lowest BCUT2D eigenvalue weighted by Crippen LogP contribution is -2.53. The van der Waals surface area contributed by atoms with E-state index in [1.165, 1.54) is 23.8 Å². The SMILES string of the molecule is Cc1c(N)cnc2c1c(C1CCN(C(=O)C3CCCC3)C(C)(C)C1)cn2C. The van der Waals surface area contributed by atoms with Crippen molar-refractivity contribution in [1.29, 1.82) is 0 Å². The first-order valence-electron chi connectivity index (χ1n) is 10.3. The van der Waals surface area contributed by atoms with Crippen LogP contribution in [0.4, 0.5) is 5.69 Å². The molecule has 2 fully saturated rings. The van der Waals surface area contributed by atoms with Crippen molar-refractivity contribution < 1.29 is 4.79 Å². The molecular formula is C22H32N4O. The van der Waals surface area contributed by atoms with Crippen molar-refractivity contribution >= 4 is 22.6 Å². The number of aromatic nitrogens is 2. The van der Waals surface area contributed by atoms with Crippen molar-refractivity contribution in [3.8, 4) is 0 Å². The molecule has 0 bridgehead atoms. The molecule has 146 valence electrons. The second-order valence-electron chi connectivity index (χ2n) is 9.21. The zero-order valence-electron chi connectivity index (χ0n) is 17.1. The fraction of sp³-hybridized carbons (Fsp3) is 0.636. The van der Waals surface area contributed by atoms with Crippen LogP contribution in [0.5, 0.6) is 0 Å². The largest absolute Gasteiger partial charge is 0.397 e. The molecule has 1 saturated carbocycles. The van der Waals surface area contributed by atoms with E-state index < -0.39 is 0 Å². The molecule has 2 aromatic rings. The van der Waals surface area contributed by atoms with Crippen molar-refractivity contribution in [2.75, 3.05) is 12.3 Å². The highest BCUT2D eigenvalue weighted by Crippen LogP contribution is 2.43. The van der Waals surface area contributed by atoms with Crippen LogP contribution in [-0.4, -0.2) is 32.4 Å². The molecule has 0 spiro atoms. The van der Waals surface area contributed by atoms with Crippen LogP contribution in [-0.2, 0) is 11.8 Å². The molecule has 4 rings (SSSR count). The fourth-order valence-electron chi connectivity index (χ4n) is 5.33. The monoisotopic (exact) mass is 368 g/mol. The Labute approximate surface area is 161 Å². The van der Waals surface area contributed by atoms with E-state index in [1.807, 2.05) is 0 Å². The quantitative estimate of drug-likeness (QED) is 0.866. The molecule has 0 aromatic carbocycles. The summed E-state index contributed by atoms with van der Waals surface area (Å²) in [5.74, 6) is 1.07. The molecule has 2 aliphatic rings. The Kier molecular flexibility index (Phi) is 4.44. The lowest BCUT2D eigenvalue weighted by atomic mass is 9.78. The number of nitrogen functional groups attached to an aromatic ring is 1. The Morgan fingerprint density at radius 3 is 2.63 bits per heavy atom. The third-order valence-electron chi connectivity index (χ3n) is 6.90. The Balaban J connectivity index is 1.64. The highest BCUT2D eigenvalue weighted by atomic mass is 16.2. The van der Waals surface area contributed by atoms with E-state index in [0.717, 1.165) is 49.1 Å². The molecule has 2 aromatic heterocycles. The maximum absolute atomic E-state index is 13.1. The van der Waals surface area contributed by atoms with E-state index in [4.69, 9.17) is 5.73 Å². The minimum atomic E-state index is -0.119. The summed E-state index contributed by atoms with van der Waals surface area (Å²) in [5, 5.41) is 1.20. The lowest BCUT2D eigenvalue weighted by molar-refractivity contribution is -0.143. The number of amides is 1. The molecule has 1 amide bonds. The van der Waals surface area contributed by atoms with Crippen LogP contribution in [0.2, 0.25) is 0 Å². The number of nitrogens with zero attached hydrogens (tertiary/aromatic N) is 3. The van der Waals surface area contributed by atoms with Crippen molar-refractivity contribution in [2.24, 2.45) is 13.0 Å². The van der Waals surface area contributed by atoms with Gasteiger partial charge in [0.2, 0.25) is 5.91 Å². The van der Waals surface area contributed by atoms with Gasteiger partial charge in [-0.1, -0.05) is 12.8 Å². The molecule has 1 aliphatic carbocycles. The van der Waals surface area contributed by atoms with E-state index in [2.05, 4.69) is 48.5 Å². The Hall–Kier alpha value is -2.04. The second-order valence-corrected chi connectivity index (χ2v) is 9.21. The zero-order chi connectivity index (χ0) is 19.3. The van der Waals surface area contributed by atoms with Gasteiger partial charge in [0.25, 0.3) is 0 Å². The summed E-state index contributed by atoms with van der Waals surface area (Å²) < 4.78 is 2.11. The average Bonchev–Trinajstić information content (AvgIpc) is 3.25. The van der Waals surface area contributed by atoms with Crippen LogP contribution >= 0.6 is 0 Å². The van der Waals surface area contributed by atoms with E-state index >= 15 is 0 Å². The first-order valence-corrected chi connectivity index (χ1v) is 10.3. The van der Waals surface area contributed by atoms with Gasteiger partial charge in [-0.15, -0.1) is 0 Å². The summed E-state index contributed by atoms with van der Waals surface area (Å²) in [6.07, 6.45) is 10.5. The van der Waals surface area contributed by atoms with Crippen molar-refractivity contribution in [3.05, 3.63) is 23.5 Å². The fourth-order valence-corrected chi connectivity index (χ4v) is 5.33. The Morgan fingerprint density at radius 1 is 1.26 bits per heavy atom. The number of rotatable bonds is 2. The lowest BCUT2D eigenvalue weighted by Gasteiger charge is -2.46. The molecule has 27 heavy (non-hydrogen) atoms. The summed E-state index contributed by atoms with van der Waals surface area (Å²) in [7, 11) is 2.05. The molecule has 1 atom stereocenters.